The average Bonchev–Trinajstić information content (AvgIpc) is 3.46. The number of nitrogens with one attached hydrogen (secondary N) is 4. The van der Waals surface area contributed by atoms with Gasteiger partial charge in [-0.25, -0.2) is 0 Å². The average molecular weight is 637 g/mol. The second kappa shape index (κ2) is 19.1. The van der Waals surface area contributed by atoms with E-state index in [9.17, 15) is 33.6 Å². The van der Waals surface area contributed by atoms with Gasteiger partial charge in [-0.3, -0.25) is 33.6 Å². The summed E-state index contributed by atoms with van der Waals surface area (Å²) in [4.78, 5) is 90.1. The first-order valence-electron chi connectivity index (χ1n) is 16.0. The molecule has 0 bridgehead atoms. The zero-order valence-corrected chi connectivity index (χ0v) is 27.8. The number of primary amides is 1. The summed E-state index contributed by atoms with van der Waals surface area (Å²) in [6.45, 7) is 13.0. The third-order valence-corrected chi connectivity index (χ3v) is 7.92. The maximum atomic E-state index is 13.8. The van der Waals surface area contributed by atoms with Crippen LogP contribution in [0.3, 0.4) is 0 Å². The van der Waals surface area contributed by atoms with Crippen molar-refractivity contribution >= 4 is 41.7 Å². The minimum absolute atomic E-state index is 0.00782. The van der Waals surface area contributed by atoms with Gasteiger partial charge in [-0.05, 0) is 56.8 Å². The Morgan fingerprint density at radius 3 is 2.00 bits per heavy atom. The van der Waals surface area contributed by atoms with E-state index in [0.29, 0.717) is 25.7 Å². The largest absolute Gasteiger partial charge is 0.370 e. The molecule has 0 aromatic carbocycles. The lowest BCUT2D eigenvalue weighted by Gasteiger charge is -2.31. The van der Waals surface area contributed by atoms with Crippen molar-refractivity contribution < 1.29 is 33.6 Å². The zero-order valence-electron chi connectivity index (χ0n) is 27.8. The number of amides is 6. The standard InChI is InChI=1S/C31H54N7O7/c1-8-19(6)24(16-39)37-29(43)22(11-12-26(33)40)35-30(44)25-10-9-13-38(25)31(45)23(15-18(4)5)36-27(41)20(7)34-28(42)21(32)14-17(2)3/h17-25H,8-15,32H2,1-7H3,(H2,33,40)(H,34,42)(H,35,44)(H,36,41)(H,37,43)/t19-,20-,21-,22-,23-,24+,25-/m0/s1. The predicted octanol–water partition coefficient (Wildman–Crippen LogP) is -0.223. The number of likely N-dealkylation sites (tertiary alicyclic amines) is 1. The van der Waals surface area contributed by atoms with Gasteiger partial charge in [0.05, 0.1) is 12.1 Å². The van der Waals surface area contributed by atoms with E-state index in [1.54, 1.807) is 13.2 Å². The van der Waals surface area contributed by atoms with Crippen LogP contribution in [0.5, 0.6) is 0 Å². The van der Waals surface area contributed by atoms with Gasteiger partial charge in [0, 0.05) is 13.0 Å². The molecule has 0 aromatic rings. The van der Waals surface area contributed by atoms with E-state index in [2.05, 4.69) is 21.3 Å². The maximum absolute atomic E-state index is 13.8. The smallest absolute Gasteiger partial charge is 0.245 e. The van der Waals surface area contributed by atoms with E-state index in [1.165, 1.54) is 11.8 Å². The van der Waals surface area contributed by atoms with Gasteiger partial charge in [-0.1, -0.05) is 48.0 Å². The molecule has 0 spiro atoms. The fraction of sp³-hybridized carbons (Fsp3) is 0.774. The van der Waals surface area contributed by atoms with Gasteiger partial charge in [0.15, 0.2) is 0 Å². The van der Waals surface area contributed by atoms with Gasteiger partial charge in [0.1, 0.15) is 24.2 Å². The highest BCUT2D eigenvalue weighted by Crippen LogP contribution is 2.21. The Balaban J connectivity index is 3.07. The molecular formula is C31H54N7O7. The number of hydrogen-bond donors (Lipinski definition) is 6. The summed E-state index contributed by atoms with van der Waals surface area (Å²) >= 11 is 0. The first kappa shape index (κ1) is 39.5. The lowest BCUT2D eigenvalue weighted by Crippen LogP contribution is -2.59. The molecule has 1 aliphatic rings. The van der Waals surface area contributed by atoms with Crippen molar-refractivity contribution in [2.24, 2.45) is 29.2 Å². The molecule has 1 rings (SSSR count). The lowest BCUT2D eigenvalue weighted by molar-refractivity contribution is -0.142. The van der Waals surface area contributed by atoms with Gasteiger partial charge < -0.3 is 37.6 Å². The van der Waals surface area contributed by atoms with Crippen LogP contribution < -0.4 is 32.7 Å². The molecule has 1 saturated heterocycles. The topological polar surface area (TPSA) is 223 Å². The van der Waals surface area contributed by atoms with Gasteiger partial charge >= 0.3 is 0 Å². The van der Waals surface area contributed by atoms with Crippen molar-refractivity contribution in [2.45, 2.75) is 130 Å². The number of rotatable bonds is 19. The van der Waals surface area contributed by atoms with Gasteiger partial charge in [0.2, 0.25) is 41.7 Å². The highest BCUT2D eigenvalue weighted by Gasteiger charge is 2.39. The summed E-state index contributed by atoms with van der Waals surface area (Å²) in [6.07, 6.45) is 3.68. The van der Waals surface area contributed by atoms with E-state index in [-0.39, 0.29) is 43.6 Å². The second-order valence-corrected chi connectivity index (χ2v) is 12.9. The molecule has 14 nitrogen and oxygen atoms in total. The fourth-order valence-corrected chi connectivity index (χ4v) is 5.09. The Kier molecular flexibility index (Phi) is 16.7. The van der Waals surface area contributed by atoms with E-state index >= 15 is 0 Å². The van der Waals surface area contributed by atoms with Crippen LogP contribution in [-0.4, -0.2) is 89.4 Å². The van der Waals surface area contributed by atoms with Crippen molar-refractivity contribution in [3.8, 4) is 0 Å². The Morgan fingerprint density at radius 2 is 1.47 bits per heavy atom. The first-order valence-corrected chi connectivity index (χ1v) is 16.0. The second-order valence-electron chi connectivity index (χ2n) is 12.9. The minimum atomic E-state index is -1.18. The molecule has 0 saturated carbocycles. The van der Waals surface area contributed by atoms with Crippen LogP contribution in [0, 0.1) is 17.8 Å². The van der Waals surface area contributed by atoms with Crippen molar-refractivity contribution in [2.75, 3.05) is 6.54 Å². The SMILES string of the molecule is CC[C@H](C)[C@@H]([C]=O)NC(=O)[C@H](CCC(N)=O)NC(=O)[C@@H]1CCCN1C(=O)[C@H](CC(C)C)NC(=O)[C@H](C)NC(=O)[C@@H](N)CC(C)C. The molecule has 7 atom stereocenters. The zero-order chi connectivity index (χ0) is 34.4. The molecule has 1 aliphatic heterocycles. The molecule has 8 N–H and O–H groups in total. The molecule has 1 radical (unpaired) electrons. The molecule has 0 aromatic heterocycles. The van der Waals surface area contributed by atoms with Crippen LogP contribution in [0.4, 0.5) is 0 Å². The van der Waals surface area contributed by atoms with Crippen LogP contribution in [0.1, 0.15) is 93.4 Å². The molecule has 45 heavy (non-hydrogen) atoms. The van der Waals surface area contributed by atoms with Crippen LogP contribution in [0.2, 0.25) is 0 Å². The molecule has 255 valence electrons. The van der Waals surface area contributed by atoms with Crippen LogP contribution in [0.15, 0.2) is 0 Å². The highest BCUT2D eigenvalue weighted by atomic mass is 16.2. The number of nitrogens with zero attached hydrogens (tertiary/aromatic N) is 1. The molecule has 6 amide bonds. The third kappa shape index (κ3) is 13.1. The highest BCUT2D eigenvalue weighted by molar-refractivity contribution is 5.96. The van der Waals surface area contributed by atoms with Gasteiger partial charge in [-0.15, -0.1) is 0 Å². The summed E-state index contributed by atoms with van der Waals surface area (Å²) in [5.41, 5.74) is 11.2. The molecule has 0 aliphatic carbocycles. The van der Waals surface area contributed by atoms with E-state index in [0.717, 1.165) is 0 Å². The van der Waals surface area contributed by atoms with Gasteiger partial charge in [0.25, 0.3) is 0 Å². The van der Waals surface area contributed by atoms with Crippen LogP contribution >= 0.6 is 0 Å². The summed E-state index contributed by atoms with van der Waals surface area (Å²) in [6, 6.07) is -5.71. The van der Waals surface area contributed by atoms with E-state index in [4.69, 9.17) is 11.5 Å². The number of hydrogen-bond acceptors (Lipinski definition) is 8. The molecule has 1 heterocycles. The van der Waals surface area contributed by atoms with Gasteiger partial charge in [-0.2, -0.15) is 0 Å². The summed E-state index contributed by atoms with van der Waals surface area (Å²) < 4.78 is 0. The van der Waals surface area contributed by atoms with Crippen molar-refractivity contribution in [1.29, 1.82) is 0 Å². The number of carbonyl (C=O) groups excluding carboxylic acids is 7. The van der Waals surface area contributed by atoms with Crippen LogP contribution in [-0.2, 0) is 33.6 Å². The monoisotopic (exact) mass is 636 g/mol. The number of carbonyl (C=O) groups is 6. The Labute approximate surface area is 266 Å². The minimum Gasteiger partial charge on any atom is -0.370 e. The fourth-order valence-electron chi connectivity index (χ4n) is 5.09. The summed E-state index contributed by atoms with van der Waals surface area (Å²) in [5.74, 6) is -3.43. The van der Waals surface area contributed by atoms with Crippen molar-refractivity contribution in [1.82, 2.24) is 26.2 Å². The molecule has 0 unspecified atom stereocenters. The van der Waals surface area contributed by atoms with Crippen molar-refractivity contribution in [3.63, 3.8) is 0 Å². The molecule has 1 fully saturated rings. The van der Waals surface area contributed by atoms with Crippen LogP contribution in [0.25, 0.3) is 0 Å². The van der Waals surface area contributed by atoms with E-state index in [1.807, 2.05) is 34.6 Å². The number of nitrogens with two attached hydrogens (primary N) is 2. The predicted molar refractivity (Wildman–Crippen MR) is 169 cm³/mol. The first-order chi connectivity index (χ1) is 21.0. The maximum Gasteiger partial charge on any atom is 0.245 e. The Hall–Kier alpha value is -3.55. The Morgan fingerprint density at radius 1 is 0.844 bits per heavy atom. The lowest BCUT2D eigenvalue weighted by atomic mass is 9.99. The summed E-state index contributed by atoms with van der Waals surface area (Å²) in [7, 11) is 0. The Bertz CT molecular complexity index is 1050. The normalized spacial score (nSPS) is 18.7. The van der Waals surface area contributed by atoms with Crippen molar-refractivity contribution in [3.05, 3.63) is 0 Å². The molecule has 14 heteroatoms. The quantitative estimate of drug-likeness (QED) is 0.111. The summed E-state index contributed by atoms with van der Waals surface area (Å²) in [5, 5.41) is 10.6. The third-order valence-electron chi connectivity index (χ3n) is 7.92. The van der Waals surface area contributed by atoms with E-state index < -0.39 is 71.7 Å². The molecular weight excluding hydrogens is 582 g/mol.